The number of aryl methyl sites for hydroxylation is 1. The first-order chi connectivity index (χ1) is 10.7. The molecule has 0 saturated carbocycles. The van der Waals surface area contributed by atoms with Gasteiger partial charge in [0.2, 0.25) is 11.8 Å². The molecule has 2 aromatic rings. The van der Waals surface area contributed by atoms with Gasteiger partial charge in [0.1, 0.15) is 12.1 Å². The van der Waals surface area contributed by atoms with E-state index in [9.17, 15) is 0 Å². The van der Waals surface area contributed by atoms with Gasteiger partial charge in [0.25, 0.3) is 0 Å². The van der Waals surface area contributed by atoms with Crippen LogP contribution in [0.1, 0.15) is 24.6 Å². The van der Waals surface area contributed by atoms with E-state index in [1.54, 1.807) is 7.11 Å². The SMILES string of the molecule is COc1cc(NC2CCN(Cc3nc(C)no3)CC2)ncn1. The summed E-state index contributed by atoms with van der Waals surface area (Å²) >= 11 is 0. The van der Waals surface area contributed by atoms with Crippen LogP contribution in [0.25, 0.3) is 0 Å². The van der Waals surface area contributed by atoms with E-state index in [1.807, 2.05) is 13.0 Å². The van der Waals surface area contributed by atoms with Gasteiger partial charge < -0.3 is 14.6 Å². The number of rotatable bonds is 5. The summed E-state index contributed by atoms with van der Waals surface area (Å²) in [7, 11) is 1.60. The first-order valence-corrected chi connectivity index (χ1v) is 7.37. The third-order valence-corrected chi connectivity index (χ3v) is 3.72. The van der Waals surface area contributed by atoms with Crippen LogP contribution in [-0.4, -0.2) is 51.2 Å². The zero-order valence-corrected chi connectivity index (χ0v) is 12.8. The van der Waals surface area contributed by atoms with Crippen molar-refractivity contribution in [2.75, 3.05) is 25.5 Å². The van der Waals surface area contributed by atoms with E-state index in [0.717, 1.165) is 38.3 Å². The Hall–Kier alpha value is -2.22. The Morgan fingerprint density at radius 3 is 2.86 bits per heavy atom. The van der Waals surface area contributed by atoms with Crippen molar-refractivity contribution in [3.05, 3.63) is 24.1 Å². The molecule has 8 nitrogen and oxygen atoms in total. The molecule has 1 aliphatic rings. The second kappa shape index (κ2) is 6.69. The van der Waals surface area contributed by atoms with Crippen LogP contribution in [0.2, 0.25) is 0 Å². The predicted octanol–water partition coefficient (Wildman–Crippen LogP) is 1.25. The fourth-order valence-electron chi connectivity index (χ4n) is 2.57. The summed E-state index contributed by atoms with van der Waals surface area (Å²) in [5, 5.41) is 7.25. The van der Waals surface area contributed by atoms with E-state index in [1.165, 1.54) is 6.33 Å². The van der Waals surface area contributed by atoms with E-state index < -0.39 is 0 Å². The summed E-state index contributed by atoms with van der Waals surface area (Å²) < 4.78 is 10.3. The van der Waals surface area contributed by atoms with E-state index in [0.29, 0.717) is 23.6 Å². The van der Waals surface area contributed by atoms with Crippen molar-refractivity contribution in [1.29, 1.82) is 0 Å². The summed E-state index contributed by atoms with van der Waals surface area (Å²) in [4.78, 5) is 14.8. The molecule has 0 spiro atoms. The summed E-state index contributed by atoms with van der Waals surface area (Å²) in [6, 6.07) is 2.22. The molecular formula is C14H20N6O2. The number of aromatic nitrogens is 4. The average Bonchev–Trinajstić information content (AvgIpc) is 2.94. The maximum Gasteiger partial charge on any atom is 0.240 e. The second-order valence-electron chi connectivity index (χ2n) is 5.38. The number of hydrogen-bond donors (Lipinski definition) is 1. The summed E-state index contributed by atoms with van der Waals surface area (Å²) in [6.45, 7) is 4.52. The van der Waals surface area contributed by atoms with Gasteiger partial charge in [-0.3, -0.25) is 4.90 Å². The van der Waals surface area contributed by atoms with Crippen molar-refractivity contribution >= 4 is 5.82 Å². The van der Waals surface area contributed by atoms with Gasteiger partial charge in [0, 0.05) is 25.2 Å². The molecular weight excluding hydrogens is 284 g/mol. The van der Waals surface area contributed by atoms with Crippen LogP contribution in [0.5, 0.6) is 5.88 Å². The number of methoxy groups -OCH3 is 1. The highest BCUT2D eigenvalue weighted by atomic mass is 16.5. The third kappa shape index (κ3) is 3.70. The molecule has 1 fully saturated rings. The number of nitrogens with one attached hydrogen (secondary N) is 1. The van der Waals surface area contributed by atoms with Crippen molar-refractivity contribution in [3.8, 4) is 5.88 Å². The molecule has 0 radical (unpaired) electrons. The third-order valence-electron chi connectivity index (χ3n) is 3.72. The minimum absolute atomic E-state index is 0.403. The Morgan fingerprint density at radius 1 is 1.36 bits per heavy atom. The quantitative estimate of drug-likeness (QED) is 0.883. The lowest BCUT2D eigenvalue weighted by molar-refractivity contribution is 0.186. The van der Waals surface area contributed by atoms with E-state index in [4.69, 9.17) is 9.26 Å². The van der Waals surface area contributed by atoms with Crippen molar-refractivity contribution < 1.29 is 9.26 Å². The molecule has 0 bridgehead atoms. The average molecular weight is 304 g/mol. The molecule has 1 aliphatic heterocycles. The lowest BCUT2D eigenvalue weighted by Gasteiger charge is -2.31. The lowest BCUT2D eigenvalue weighted by Crippen LogP contribution is -2.38. The standard InChI is InChI=1S/C14H20N6O2/c1-10-17-14(22-19-10)8-20-5-3-11(4-6-20)18-12-7-13(21-2)16-9-15-12/h7,9,11H,3-6,8H2,1-2H3,(H,15,16,18). The highest BCUT2D eigenvalue weighted by Gasteiger charge is 2.21. The number of likely N-dealkylation sites (tertiary alicyclic amines) is 1. The van der Waals surface area contributed by atoms with Gasteiger partial charge in [-0.2, -0.15) is 4.98 Å². The Balaban J connectivity index is 1.49. The van der Waals surface area contributed by atoms with Crippen molar-refractivity contribution in [3.63, 3.8) is 0 Å². The van der Waals surface area contributed by atoms with Gasteiger partial charge in [-0.25, -0.2) is 9.97 Å². The fraction of sp³-hybridized carbons (Fsp3) is 0.571. The minimum Gasteiger partial charge on any atom is -0.481 e. The second-order valence-corrected chi connectivity index (χ2v) is 5.38. The Morgan fingerprint density at radius 2 is 2.18 bits per heavy atom. The van der Waals surface area contributed by atoms with Gasteiger partial charge >= 0.3 is 0 Å². The predicted molar refractivity (Wildman–Crippen MR) is 79.5 cm³/mol. The molecule has 22 heavy (non-hydrogen) atoms. The molecule has 0 aliphatic carbocycles. The number of ether oxygens (including phenoxy) is 1. The number of anilines is 1. The number of nitrogens with zero attached hydrogens (tertiary/aromatic N) is 5. The van der Waals surface area contributed by atoms with E-state index in [-0.39, 0.29) is 0 Å². The maximum atomic E-state index is 5.17. The molecule has 2 aromatic heterocycles. The zero-order chi connectivity index (χ0) is 15.4. The van der Waals surface area contributed by atoms with Crippen LogP contribution < -0.4 is 10.1 Å². The first-order valence-electron chi connectivity index (χ1n) is 7.37. The van der Waals surface area contributed by atoms with E-state index in [2.05, 4.69) is 30.3 Å². The van der Waals surface area contributed by atoms with Gasteiger partial charge in [-0.1, -0.05) is 5.16 Å². The minimum atomic E-state index is 0.403. The Labute approximate surface area is 128 Å². The van der Waals surface area contributed by atoms with Gasteiger partial charge in [0.15, 0.2) is 5.82 Å². The fourth-order valence-corrected chi connectivity index (χ4v) is 2.57. The van der Waals surface area contributed by atoms with Crippen LogP contribution in [-0.2, 0) is 6.54 Å². The number of piperidine rings is 1. The zero-order valence-electron chi connectivity index (χ0n) is 12.8. The normalized spacial score (nSPS) is 16.6. The molecule has 0 amide bonds. The van der Waals surface area contributed by atoms with Gasteiger partial charge in [0.05, 0.1) is 13.7 Å². The summed E-state index contributed by atoms with van der Waals surface area (Å²) in [5.41, 5.74) is 0. The van der Waals surface area contributed by atoms with Crippen molar-refractivity contribution in [2.24, 2.45) is 0 Å². The molecule has 1 N–H and O–H groups in total. The molecule has 118 valence electrons. The van der Waals surface area contributed by atoms with Gasteiger partial charge in [-0.15, -0.1) is 0 Å². The van der Waals surface area contributed by atoms with E-state index >= 15 is 0 Å². The van der Waals surface area contributed by atoms with Crippen LogP contribution in [0.3, 0.4) is 0 Å². The summed E-state index contributed by atoms with van der Waals surface area (Å²) in [6.07, 6.45) is 3.59. The molecule has 1 saturated heterocycles. The largest absolute Gasteiger partial charge is 0.481 e. The topological polar surface area (TPSA) is 89.2 Å². The lowest BCUT2D eigenvalue weighted by atomic mass is 10.1. The van der Waals surface area contributed by atoms with Crippen LogP contribution in [0.4, 0.5) is 5.82 Å². The van der Waals surface area contributed by atoms with Crippen LogP contribution >= 0.6 is 0 Å². The molecule has 0 aromatic carbocycles. The summed E-state index contributed by atoms with van der Waals surface area (Å²) in [5.74, 6) is 2.74. The number of hydrogen-bond acceptors (Lipinski definition) is 8. The molecule has 0 atom stereocenters. The molecule has 8 heteroatoms. The molecule has 3 rings (SSSR count). The molecule has 0 unspecified atom stereocenters. The van der Waals surface area contributed by atoms with Crippen LogP contribution in [0.15, 0.2) is 16.9 Å². The first kappa shape index (κ1) is 14.7. The monoisotopic (exact) mass is 304 g/mol. The highest BCUT2D eigenvalue weighted by molar-refractivity contribution is 5.38. The highest BCUT2D eigenvalue weighted by Crippen LogP contribution is 2.18. The van der Waals surface area contributed by atoms with Crippen molar-refractivity contribution in [2.45, 2.75) is 32.4 Å². The van der Waals surface area contributed by atoms with Crippen LogP contribution in [0, 0.1) is 6.92 Å². The Bertz CT molecular complexity index is 609. The van der Waals surface area contributed by atoms with Crippen molar-refractivity contribution in [1.82, 2.24) is 25.0 Å². The maximum absolute atomic E-state index is 5.17. The molecule has 3 heterocycles. The smallest absolute Gasteiger partial charge is 0.240 e. The Kier molecular flexibility index (Phi) is 4.47. The van der Waals surface area contributed by atoms with Gasteiger partial charge in [-0.05, 0) is 19.8 Å².